The molecule has 4 bridgehead atoms. The minimum Gasteiger partial charge on any atom is -0.452 e. The van der Waals surface area contributed by atoms with Crippen LogP contribution in [0.25, 0.3) is 0 Å². The van der Waals surface area contributed by atoms with Crippen molar-refractivity contribution in [1.82, 2.24) is 4.90 Å². The van der Waals surface area contributed by atoms with Gasteiger partial charge in [-0.2, -0.15) is 0 Å². The van der Waals surface area contributed by atoms with E-state index in [0.717, 1.165) is 32.1 Å². The number of amides is 1. The molecule has 3 atom stereocenters. The topological polar surface area (TPSA) is 66.8 Å². The van der Waals surface area contributed by atoms with Gasteiger partial charge in [-0.1, -0.05) is 0 Å². The fraction of sp³-hybridized carbons (Fsp3) is 0.875. The lowest BCUT2D eigenvalue weighted by Crippen LogP contribution is -2.59. The van der Waals surface area contributed by atoms with Crippen molar-refractivity contribution in [3.05, 3.63) is 0 Å². The van der Waals surface area contributed by atoms with Crippen LogP contribution >= 0.6 is 0 Å². The summed E-state index contributed by atoms with van der Waals surface area (Å²) < 4.78 is 5.46. The van der Waals surface area contributed by atoms with E-state index >= 15 is 0 Å². The Balaban J connectivity index is 1.74. The van der Waals surface area contributed by atoms with Gasteiger partial charge in [0.2, 0.25) is 0 Å². The van der Waals surface area contributed by atoms with E-state index in [9.17, 15) is 14.7 Å². The SMILES string of the molecule is C[C@H](OC(=O)C12C[C@H]3C[C@@H](CC(O)(C3)C1)C2)C(=O)N(C)C. The number of carbonyl (C=O) groups is 2. The van der Waals surface area contributed by atoms with Crippen LogP contribution in [-0.4, -0.2) is 47.7 Å². The second-order valence-electron chi connectivity index (χ2n) is 7.75. The Labute approximate surface area is 125 Å². The Morgan fingerprint density at radius 2 is 1.76 bits per heavy atom. The van der Waals surface area contributed by atoms with Gasteiger partial charge in [0.25, 0.3) is 5.91 Å². The lowest BCUT2D eigenvalue weighted by molar-refractivity contribution is -0.200. The molecule has 0 unspecified atom stereocenters. The third-order valence-corrected chi connectivity index (χ3v) is 5.54. The first-order chi connectivity index (χ1) is 9.73. The first-order valence-corrected chi connectivity index (χ1v) is 7.88. The summed E-state index contributed by atoms with van der Waals surface area (Å²) in [7, 11) is 3.31. The molecule has 5 nitrogen and oxygen atoms in total. The fourth-order valence-corrected chi connectivity index (χ4v) is 5.15. The summed E-state index contributed by atoms with van der Waals surface area (Å²) in [6, 6.07) is 0. The van der Waals surface area contributed by atoms with E-state index < -0.39 is 17.1 Å². The Kier molecular flexibility index (Phi) is 3.32. The van der Waals surface area contributed by atoms with Gasteiger partial charge in [0.1, 0.15) is 0 Å². The molecule has 0 aromatic carbocycles. The van der Waals surface area contributed by atoms with Crippen LogP contribution in [0.1, 0.15) is 45.4 Å². The smallest absolute Gasteiger partial charge is 0.312 e. The Hall–Kier alpha value is -1.10. The zero-order valence-corrected chi connectivity index (χ0v) is 13.1. The predicted molar refractivity (Wildman–Crippen MR) is 76.3 cm³/mol. The number of ether oxygens (including phenoxy) is 1. The van der Waals surface area contributed by atoms with Crippen molar-refractivity contribution in [1.29, 1.82) is 0 Å². The maximum absolute atomic E-state index is 12.7. The van der Waals surface area contributed by atoms with Gasteiger partial charge in [-0.15, -0.1) is 0 Å². The van der Waals surface area contributed by atoms with E-state index in [-0.39, 0.29) is 11.9 Å². The zero-order valence-electron chi connectivity index (χ0n) is 13.1. The highest BCUT2D eigenvalue weighted by Crippen LogP contribution is 2.62. The second kappa shape index (κ2) is 4.70. The quantitative estimate of drug-likeness (QED) is 0.798. The molecule has 0 saturated heterocycles. The molecule has 5 heteroatoms. The van der Waals surface area contributed by atoms with Crippen molar-refractivity contribution >= 4 is 11.9 Å². The van der Waals surface area contributed by atoms with Crippen molar-refractivity contribution in [2.75, 3.05) is 14.1 Å². The molecule has 4 aliphatic rings. The predicted octanol–water partition coefficient (Wildman–Crippen LogP) is 1.34. The Morgan fingerprint density at radius 1 is 1.19 bits per heavy atom. The molecule has 4 fully saturated rings. The first-order valence-electron chi connectivity index (χ1n) is 7.88. The molecule has 0 heterocycles. The summed E-state index contributed by atoms with van der Waals surface area (Å²) >= 11 is 0. The normalized spacial score (nSPS) is 41.7. The van der Waals surface area contributed by atoms with Crippen LogP contribution in [0.15, 0.2) is 0 Å². The third-order valence-electron chi connectivity index (χ3n) is 5.54. The van der Waals surface area contributed by atoms with Crippen LogP contribution in [0, 0.1) is 17.3 Å². The van der Waals surface area contributed by atoms with Crippen molar-refractivity contribution in [3.63, 3.8) is 0 Å². The molecular formula is C16H25NO4. The van der Waals surface area contributed by atoms with Crippen LogP contribution in [0.4, 0.5) is 0 Å². The van der Waals surface area contributed by atoms with Gasteiger partial charge in [0, 0.05) is 14.1 Å². The molecule has 118 valence electrons. The fourth-order valence-electron chi connectivity index (χ4n) is 5.15. The molecule has 1 N–H and O–H groups in total. The Bertz CT molecular complexity index is 459. The number of rotatable bonds is 3. The summed E-state index contributed by atoms with van der Waals surface area (Å²) in [5.74, 6) is 0.386. The number of carbonyl (C=O) groups excluding carboxylic acids is 2. The van der Waals surface area contributed by atoms with E-state index in [0.29, 0.717) is 18.3 Å². The van der Waals surface area contributed by atoms with Crippen molar-refractivity contribution in [2.24, 2.45) is 17.3 Å². The van der Waals surface area contributed by atoms with E-state index in [2.05, 4.69) is 0 Å². The maximum atomic E-state index is 12.7. The summed E-state index contributed by atoms with van der Waals surface area (Å²) in [5, 5.41) is 10.7. The standard InChI is InChI=1S/C16H25NO4/c1-10(13(18)17(2)3)21-14(19)15-5-11-4-12(6-15)8-16(20,7-11)9-15/h10-12,20H,4-9H2,1-3H3/t10-,11+,12+,15?,16?/m0/s1. The number of esters is 1. The monoisotopic (exact) mass is 295 g/mol. The van der Waals surface area contributed by atoms with E-state index in [4.69, 9.17) is 4.74 Å². The van der Waals surface area contributed by atoms with Crippen LogP contribution in [0.3, 0.4) is 0 Å². The number of hydrogen-bond donors (Lipinski definition) is 1. The van der Waals surface area contributed by atoms with Gasteiger partial charge in [0.05, 0.1) is 11.0 Å². The summed E-state index contributed by atoms with van der Waals surface area (Å²) in [5.41, 5.74) is -1.24. The number of aliphatic hydroxyl groups is 1. The molecule has 21 heavy (non-hydrogen) atoms. The van der Waals surface area contributed by atoms with Crippen molar-refractivity contribution in [3.8, 4) is 0 Å². The van der Waals surface area contributed by atoms with E-state index in [1.807, 2.05) is 0 Å². The third kappa shape index (κ3) is 2.45. The molecule has 4 aliphatic carbocycles. The van der Waals surface area contributed by atoms with E-state index in [1.165, 1.54) is 4.90 Å². The molecule has 0 aromatic heterocycles. The van der Waals surface area contributed by atoms with Gasteiger partial charge in [-0.05, 0) is 57.3 Å². The number of nitrogens with zero attached hydrogens (tertiary/aromatic N) is 1. The Morgan fingerprint density at radius 3 is 2.24 bits per heavy atom. The van der Waals surface area contributed by atoms with Gasteiger partial charge < -0.3 is 14.7 Å². The summed E-state index contributed by atoms with van der Waals surface area (Å²) in [6.45, 7) is 1.62. The first kappa shape index (κ1) is 14.8. The minimum atomic E-state index is -0.754. The number of likely N-dealkylation sites (N-methyl/N-ethyl adjacent to an activating group) is 1. The molecular weight excluding hydrogens is 270 g/mol. The van der Waals surface area contributed by atoms with Gasteiger partial charge >= 0.3 is 5.97 Å². The molecule has 0 aliphatic heterocycles. The van der Waals surface area contributed by atoms with Gasteiger partial charge in [-0.3, -0.25) is 9.59 Å². The van der Waals surface area contributed by atoms with Crippen LogP contribution in [0.5, 0.6) is 0 Å². The van der Waals surface area contributed by atoms with Crippen LogP contribution in [-0.2, 0) is 14.3 Å². The molecule has 0 spiro atoms. The summed E-state index contributed by atoms with van der Waals surface area (Å²) in [4.78, 5) is 26.0. The highest BCUT2D eigenvalue weighted by Gasteiger charge is 2.61. The lowest BCUT2D eigenvalue weighted by Gasteiger charge is -2.58. The zero-order chi connectivity index (χ0) is 15.4. The largest absolute Gasteiger partial charge is 0.452 e. The molecule has 4 saturated carbocycles. The average Bonchev–Trinajstić information content (AvgIpc) is 2.34. The van der Waals surface area contributed by atoms with E-state index in [1.54, 1.807) is 21.0 Å². The highest BCUT2D eigenvalue weighted by molar-refractivity contribution is 5.85. The van der Waals surface area contributed by atoms with Crippen molar-refractivity contribution < 1.29 is 19.4 Å². The maximum Gasteiger partial charge on any atom is 0.312 e. The molecule has 1 amide bonds. The molecule has 0 radical (unpaired) electrons. The lowest BCUT2D eigenvalue weighted by atomic mass is 9.48. The average molecular weight is 295 g/mol. The van der Waals surface area contributed by atoms with Crippen molar-refractivity contribution in [2.45, 2.75) is 57.2 Å². The van der Waals surface area contributed by atoms with Crippen LogP contribution < -0.4 is 0 Å². The van der Waals surface area contributed by atoms with Crippen LogP contribution in [0.2, 0.25) is 0 Å². The van der Waals surface area contributed by atoms with Gasteiger partial charge in [0.15, 0.2) is 6.10 Å². The molecule has 4 rings (SSSR count). The number of hydrogen-bond acceptors (Lipinski definition) is 4. The molecule has 0 aromatic rings. The summed E-state index contributed by atoms with van der Waals surface area (Å²) in [6.07, 6.45) is 4.16. The second-order valence-corrected chi connectivity index (χ2v) is 7.75. The van der Waals surface area contributed by atoms with Gasteiger partial charge in [-0.25, -0.2) is 0 Å². The minimum absolute atomic E-state index is 0.202. The highest BCUT2D eigenvalue weighted by atomic mass is 16.5.